The maximum Gasteiger partial charge on any atom is 0.295 e. The smallest absolute Gasteiger partial charge is 0.295 e. The van der Waals surface area contributed by atoms with Crippen LogP contribution in [0.5, 0.6) is 0 Å². The number of imide groups is 1. The van der Waals surface area contributed by atoms with Gasteiger partial charge in [-0.05, 0) is 12.2 Å². The number of allylic oxidation sites excluding steroid dienone is 2. The van der Waals surface area contributed by atoms with Gasteiger partial charge in [0.15, 0.2) is 0 Å². The fourth-order valence-electron chi connectivity index (χ4n) is 1.03. The van der Waals surface area contributed by atoms with E-state index in [0.717, 1.165) is 0 Å². The molecule has 2 aliphatic heterocycles. The second-order valence-electron chi connectivity index (χ2n) is 2.22. The number of nitrogens with zero attached hydrogens (tertiary/aromatic N) is 1. The zero-order valence-electron chi connectivity index (χ0n) is 5.48. The van der Waals surface area contributed by atoms with Crippen LogP contribution in [0, 0.1) is 0 Å². The first-order valence-corrected chi connectivity index (χ1v) is 3.11. The number of rotatable bonds is 0. The highest BCUT2D eigenvalue weighted by Gasteiger charge is 2.39. The third-order valence-corrected chi connectivity index (χ3v) is 1.53. The molecule has 0 aromatic rings. The van der Waals surface area contributed by atoms with Crippen molar-refractivity contribution in [3.63, 3.8) is 0 Å². The van der Waals surface area contributed by atoms with Crippen molar-refractivity contribution in [2.24, 2.45) is 0 Å². The first-order valence-electron chi connectivity index (χ1n) is 3.11. The van der Waals surface area contributed by atoms with Gasteiger partial charge in [-0.25, -0.2) is 0 Å². The molecule has 4 nitrogen and oxygen atoms in total. The Morgan fingerprint density at radius 1 is 1.45 bits per heavy atom. The Morgan fingerprint density at radius 2 is 2.27 bits per heavy atom. The largest absolute Gasteiger partial charge is 0.483 e. The molecular formula is C7H4NO3. The van der Waals surface area contributed by atoms with Gasteiger partial charge in [0.05, 0.1) is 11.8 Å². The standard InChI is InChI=1S/C7H4NO3/c9-6-4-2-1-3-11-5(4)7(10)8-6/h1-3,5H. The van der Waals surface area contributed by atoms with Gasteiger partial charge in [0, 0.05) is 0 Å². The summed E-state index contributed by atoms with van der Waals surface area (Å²) in [6, 6.07) is 0. The number of hydrogen-bond donors (Lipinski definition) is 0. The van der Waals surface area contributed by atoms with Gasteiger partial charge in [-0.1, -0.05) is 0 Å². The molecule has 4 heteroatoms. The molecule has 2 rings (SSSR count). The molecule has 1 atom stereocenters. The van der Waals surface area contributed by atoms with Crippen molar-refractivity contribution < 1.29 is 14.3 Å². The SMILES string of the molecule is O=C1[N]C(=O)C2OC=CC=C12. The van der Waals surface area contributed by atoms with Crippen molar-refractivity contribution in [1.29, 1.82) is 0 Å². The average Bonchev–Trinajstić information content (AvgIpc) is 2.30. The van der Waals surface area contributed by atoms with Crippen LogP contribution in [0.2, 0.25) is 0 Å². The molecule has 1 fully saturated rings. The monoisotopic (exact) mass is 150 g/mol. The zero-order valence-corrected chi connectivity index (χ0v) is 5.48. The van der Waals surface area contributed by atoms with Gasteiger partial charge in [-0.2, -0.15) is 5.32 Å². The molecule has 0 spiro atoms. The minimum absolute atomic E-state index is 0.331. The summed E-state index contributed by atoms with van der Waals surface area (Å²) in [5, 5.41) is 3.22. The van der Waals surface area contributed by atoms with E-state index in [2.05, 4.69) is 5.32 Å². The minimum Gasteiger partial charge on any atom is -0.483 e. The van der Waals surface area contributed by atoms with Gasteiger partial charge in [0.2, 0.25) is 6.10 Å². The molecule has 0 bridgehead atoms. The molecule has 2 aliphatic rings. The van der Waals surface area contributed by atoms with Crippen molar-refractivity contribution in [2.45, 2.75) is 6.10 Å². The Morgan fingerprint density at radius 3 is 3.00 bits per heavy atom. The topological polar surface area (TPSA) is 57.5 Å². The lowest BCUT2D eigenvalue weighted by Crippen LogP contribution is -2.21. The number of amides is 2. The first-order chi connectivity index (χ1) is 5.29. The summed E-state index contributed by atoms with van der Waals surface area (Å²) >= 11 is 0. The van der Waals surface area contributed by atoms with Gasteiger partial charge >= 0.3 is 0 Å². The fourth-order valence-corrected chi connectivity index (χ4v) is 1.03. The molecule has 0 aromatic carbocycles. The summed E-state index contributed by atoms with van der Waals surface area (Å²) in [4.78, 5) is 21.7. The van der Waals surface area contributed by atoms with E-state index < -0.39 is 17.9 Å². The van der Waals surface area contributed by atoms with Crippen molar-refractivity contribution in [1.82, 2.24) is 5.32 Å². The van der Waals surface area contributed by atoms with Crippen LogP contribution in [0.3, 0.4) is 0 Å². The summed E-state index contributed by atoms with van der Waals surface area (Å²) in [6.07, 6.45) is 3.72. The van der Waals surface area contributed by atoms with E-state index in [9.17, 15) is 9.59 Å². The summed E-state index contributed by atoms with van der Waals surface area (Å²) in [6.45, 7) is 0. The highest BCUT2D eigenvalue weighted by Crippen LogP contribution is 2.19. The summed E-state index contributed by atoms with van der Waals surface area (Å²) in [5.41, 5.74) is 0.331. The third kappa shape index (κ3) is 0.756. The Labute approximate surface area is 62.5 Å². The zero-order chi connectivity index (χ0) is 7.84. The van der Waals surface area contributed by atoms with Gasteiger partial charge in [0.25, 0.3) is 11.8 Å². The maximum absolute atomic E-state index is 10.8. The summed E-state index contributed by atoms with van der Waals surface area (Å²) in [5.74, 6) is -0.991. The Balaban J connectivity index is 2.42. The van der Waals surface area contributed by atoms with Gasteiger partial charge in [-0.3, -0.25) is 9.59 Å². The van der Waals surface area contributed by atoms with Crippen LogP contribution >= 0.6 is 0 Å². The van der Waals surface area contributed by atoms with E-state index in [1.54, 1.807) is 12.2 Å². The number of carbonyl (C=O) groups is 2. The molecule has 0 aromatic heterocycles. The maximum atomic E-state index is 10.8. The highest BCUT2D eigenvalue weighted by atomic mass is 16.5. The van der Waals surface area contributed by atoms with Crippen LogP contribution in [0.4, 0.5) is 0 Å². The van der Waals surface area contributed by atoms with Crippen LogP contribution in [0.15, 0.2) is 24.0 Å². The average molecular weight is 150 g/mol. The van der Waals surface area contributed by atoms with Crippen LogP contribution in [0.25, 0.3) is 0 Å². The highest BCUT2D eigenvalue weighted by molar-refractivity contribution is 6.16. The Hall–Kier alpha value is -1.58. The lowest BCUT2D eigenvalue weighted by molar-refractivity contribution is -0.128. The normalized spacial score (nSPS) is 27.3. The predicted molar refractivity (Wildman–Crippen MR) is 34.2 cm³/mol. The number of carbonyl (C=O) groups excluding carboxylic acids is 2. The number of fused-ring (bicyclic) bond motifs is 1. The second kappa shape index (κ2) is 1.95. The second-order valence-corrected chi connectivity index (χ2v) is 2.22. The lowest BCUT2D eigenvalue weighted by Gasteiger charge is -2.09. The quantitative estimate of drug-likeness (QED) is 0.437. The summed E-state index contributed by atoms with van der Waals surface area (Å²) < 4.78 is 4.87. The molecule has 1 unspecified atom stereocenters. The van der Waals surface area contributed by atoms with Crippen molar-refractivity contribution in [3.8, 4) is 0 Å². The van der Waals surface area contributed by atoms with Crippen LogP contribution in [-0.4, -0.2) is 17.9 Å². The molecule has 1 radical (unpaired) electrons. The van der Waals surface area contributed by atoms with Gasteiger partial charge in [0.1, 0.15) is 0 Å². The predicted octanol–water partition coefficient (Wildman–Crippen LogP) is -0.504. The van der Waals surface area contributed by atoms with Crippen LogP contribution in [-0.2, 0) is 14.3 Å². The third-order valence-electron chi connectivity index (χ3n) is 1.53. The molecule has 0 aliphatic carbocycles. The van der Waals surface area contributed by atoms with Gasteiger partial charge < -0.3 is 4.74 Å². The van der Waals surface area contributed by atoms with Crippen molar-refractivity contribution >= 4 is 11.8 Å². The van der Waals surface area contributed by atoms with E-state index >= 15 is 0 Å². The van der Waals surface area contributed by atoms with Crippen LogP contribution in [0.1, 0.15) is 0 Å². The van der Waals surface area contributed by atoms with E-state index in [-0.39, 0.29) is 0 Å². The summed E-state index contributed by atoms with van der Waals surface area (Å²) in [7, 11) is 0. The van der Waals surface area contributed by atoms with E-state index in [0.29, 0.717) is 5.57 Å². The Bertz CT molecular complexity index is 290. The van der Waals surface area contributed by atoms with E-state index in [4.69, 9.17) is 4.74 Å². The first kappa shape index (κ1) is 6.15. The lowest BCUT2D eigenvalue weighted by atomic mass is 10.1. The number of ether oxygens (including phenoxy) is 1. The van der Waals surface area contributed by atoms with E-state index in [1.165, 1.54) is 6.26 Å². The molecule has 2 amide bonds. The molecule has 11 heavy (non-hydrogen) atoms. The Kier molecular flexibility index (Phi) is 1.09. The number of hydrogen-bond acceptors (Lipinski definition) is 3. The molecular weight excluding hydrogens is 146 g/mol. The van der Waals surface area contributed by atoms with Crippen molar-refractivity contribution in [2.75, 3.05) is 0 Å². The van der Waals surface area contributed by atoms with Crippen LogP contribution < -0.4 is 5.32 Å². The molecule has 55 valence electrons. The molecule has 0 N–H and O–H groups in total. The van der Waals surface area contributed by atoms with Gasteiger partial charge in [-0.15, -0.1) is 0 Å². The molecule has 0 saturated carbocycles. The molecule has 2 heterocycles. The fraction of sp³-hybridized carbons (Fsp3) is 0.143. The molecule has 1 saturated heterocycles. The minimum atomic E-state index is -0.771. The van der Waals surface area contributed by atoms with Crippen molar-refractivity contribution in [3.05, 3.63) is 24.0 Å². The van der Waals surface area contributed by atoms with E-state index in [1.807, 2.05) is 0 Å².